The van der Waals surface area contributed by atoms with Gasteiger partial charge in [-0.05, 0) is 43.4 Å². The predicted molar refractivity (Wildman–Crippen MR) is 85.1 cm³/mol. The van der Waals surface area contributed by atoms with Crippen LogP contribution in [0.5, 0.6) is 0 Å². The summed E-state index contributed by atoms with van der Waals surface area (Å²) < 4.78 is 0. The molecule has 4 heteroatoms. The number of quaternary nitrogens is 2. The first-order chi connectivity index (χ1) is 9.77. The van der Waals surface area contributed by atoms with Crippen LogP contribution in [0.15, 0.2) is 0 Å². The molecule has 2 fully saturated rings. The SMILES string of the molecule is C[NH+](C)CCC[NH2+]CC(=O)N[C@]1(C)[C@@H]2CC[C@@H](C2)C1(C)C. The van der Waals surface area contributed by atoms with Crippen LogP contribution in [-0.2, 0) is 4.79 Å². The average molecular weight is 297 g/mol. The number of nitrogens with two attached hydrogens (primary N) is 1. The molecule has 0 aromatic heterocycles. The lowest BCUT2D eigenvalue weighted by molar-refractivity contribution is -0.860. The average Bonchev–Trinajstić information content (AvgIpc) is 2.92. The summed E-state index contributed by atoms with van der Waals surface area (Å²) in [5, 5.41) is 5.56. The van der Waals surface area contributed by atoms with Gasteiger partial charge in [-0.3, -0.25) is 4.79 Å². The molecule has 0 aliphatic heterocycles. The lowest BCUT2D eigenvalue weighted by Crippen LogP contribution is -3.06. The molecule has 0 aromatic rings. The molecular weight excluding hydrogens is 262 g/mol. The summed E-state index contributed by atoms with van der Waals surface area (Å²) in [4.78, 5) is 13.8. The molecule has 0 unspecified atom stereocenters. The fraction of sp³-hybridized carbons (Fsp3) is 0.941. The molecule has 0 heterocycles. The van der Waals surface area contributed by atoms with E-state index in [2.05, 4.69) is 45.5 Å². The van der Waals surface area contributed by atoms with E-state index in [9.17, 15) is 4.79 Å². The molecule has 4 nitrogen and oxygen atoms in total. The Hall–Kier alpha value is -0.610. The van der Waals surface area contributed by atoms with Crippen molar-refractivity contribution in [2.24, 2.45) is 17.3 Å². The zero-order chi connectivity index (χ0) is 15.7. The third kappa shape index (κ3) is 3.26. The highest BCUT2D eigenvalue weighted by Gasteiger charge is 2.60. The third-order valence-corrected chi connectivity index (χ3v) is 6.42. The van der Waals surface area contributed by atoms with E-state index in [0.717, 1.165) is 12.5 Å². The summed E-state index contributed by atoms with van der Waals surface area (Å²) in [5.74, 6) is 1.69. The van der Waals surface area contributed by atoms with E-state index < -0.39 is 0 Å². The summed E-state index contributed by atoms with van der Waals surface area (Å²) in [6.07, 6.45) is 5.12. The second-order valence-electron chi connectivity index (χ2n) is 8.27. The Bertz CT molecular complexity index is 380. The van der Waals surface area contributed by atoms with Gasteiger partial charge in [0.1, 0.15) is 0 Å². The Labute approximate surface area is 130 Å². The van der Waals surface area contributed by atoms with Crippen LogP contribution in [0.3, 0.4) is 0 Å². The highest BCUT2D eigenvalue weighted by atomic mass is 16.2. The fourth-order valence-electron chi connectivity index (χ4n) is 4.55. The van der Waals surface area contributed by atoms with Crippen molar-refractivity contribution in [1.82, 2.24) is 5.32 Å². The van der Waals surface area contributed by atoms with E-state index in [1.165, 1.54) is 37.1 Å². The normalized spacial score (nSPS) is 33.6. The first-order valence-corrected chi connectivity index (χ1v) is 8.69. The van der Waals surface area contributed by atoms with Gasteiger partial charge in [-0.1, -0.05) is 13.8 Å². The summed E-state index contributed by atoms with van der Waals surface area (Å²) in [7, 11) is 4.34. The molecule has 3 atom stereocenters. The van der Waals surface area contributed by atoms with E-state index in [0.29, 0.717) is 12.5 Å². The van der Waals surface area contributed by atoms with Gasteiger partial charge in [-0.25, -0.2) is 0 Å². The minimum atomic E-state index is -0.00533. The molecular formula is C17H35N3O+2. The number of amides is 1. The van der Waals surface area contributed by atoms with E-state index in [1.54, 1.807) is 0 Å². The van der Waals surface area contributed by atoms with Crippen LogP contribution in [0.25, 0.3) is 0 Å². The van der Waals surface area contributed by atoms with Crippen molar-refractivity contribution < 1.29 is 15.0 Å². The first kappa shape index (κ1) is 16.8. The van der Waals surface area contributed by atoms with Crippen LogP contribution in [0.1, 0.15) is 46.5 Å². The molecule has 2 saturated carbocycles. The minimum Gasteiger partial charge on any atom is -0.345 e. The number of hydrogen-bond donors (Lipinski definition) is 3. The molecule has 0 spiro atoms. The molecule has 0 aromatic carbocycles. The zero-order valence-corrected chi connectivity index (χ0v) is 14.6. The lowest BCUT2D eigenvalue weighted by Gasteiger charge is -2.48. The Morgan fingerprint density at radius 3 is 2.48 bits per heavy atom. The molecule has 4 N–H and O–H groups in total. The van der Waals surface area contributed by atoms with E-state index in [1.807, 2.05) is 0 Å². The molecule has 0 radical (unpaired) electrons. The van der Waals surface area contributed by atoms with Gasteiger partial charge < -0.3 is 15.5 Å². The van der Waals surface area contributed by atoms with Crippen molar-refractivity contribution in [3.63, 3.8) is 0 Å². The summed E-state index contributed by atoms with van der Waals surface area (Å²) in [6, 6.07) is 0. The number of carbonyl (C=O) groups excluding carboxylic acids is 1. The maximum atomic E-state index is 12.3. The van der Waals surface area contributed by atoms with Crippen molar-refractivity contribution in [1.29, 1.82) is 0 Å². The summed E-state index contributed by atoms with van der Waals surface area (Å²) in [5.41, 5.74) is 0.231. The molecule has 2 bridgehead atoms. The van der Waals surface area contributed by atoms with Gasteiger partial charge in [0.25, 0.3) is 5.91 Å². The second kappa shape index (κ2) is 6.25. The van der Waals surface area contributed by atoms with Crippen molar-refractivity contribution in [3.8, 4) is 0 Å². The van der Waals surface area contributed by atoms with Crippen molar-refractivity contribution in [2.75, 3.05) is 33.7 Å². The number of fused-ring (bicyclic) bond motifs is 2. The van der Waals surface area contributed by atoms with Gasteiger partial charge in [0.15, 0.2) is 6.54 Å². The van der Waals surface area contributed by atoms with Crippen molar-refractivity contribution in [2.45, 2.75) is 52.0 Å². The maximum Gasteiger partial charge on any atom is 0.275 e. The third-order valence-electron chi connectivity index (χ3n) is 6.42. The van der Waals surface area contributed by atoms with Crippen LogP contribution in [0.2, 0.25) is 0 Å². The zero-order valence-electron chi connectivity index (χ0n) is 14.6. The second-order valence-corrected chi connectivity index (χ2v) is 8.27. The van der Waals surface area contributed by atoms with Crippen LogP contribution in [0.4, 0.5) is 0 Å². The Morgan fingerprint density at radius 2 is 1.90 bits per heavy atom. The molecule has 2 rings (SSSR count). The number of rotatable bonds is 7. The van der Waals surface area contributed by atoms with E-state index >= 15 is 0 Å². The number of nitrogens with one attached hydrogen (secondary N) is 2. The van der Waals surface area contributed by atoms with Crippen LogP contribution in [0, 0.1) is 17.3 Å². The minimum absolute atomic E-state index is 0.00533. The van der Waals surface area contributed by atoms with Crippen LogP contribution >= 0.6 is 0 Å². The summed E-state index contributed by atoms with van der Waals surface area (Å²) >= 11 is 0. The van der Waals surface area contributed by atoms with E-state index in [-0.39, 0.29) is 16.9 Å². The van der Waals surface area contributed by atoms with Gasteiger partial charge in [-0.2, -0.15) is 0 Å². The quantitative estimate of drug-likeness (QED) is 0.541. The van der Waals surface area contributed by atoms with E-state index in [4.69, 9.17) is 0 Å². The summed E-state index contributed by atoms with van der Waals surface area (Å²) in [6.45, 7) is 9.77. The topological polar surface area (TPSA) is 50.2 Å². The van der Waals surface area contributed by atoms with Gasteiger partial charge in [0.2, 0.25) is 0 Å². The molecule has 21 heavy (non-hydrogen) atoms. The van der Waals surface area contributed by atoms with Crippen molar-refractivity contribution in [3.05, 3.63) is 0 Å². The molecule has 2 aliphatic carbocycles. The highest BCUT2D eigenvalue weighted by molar-refractivity contribution is 5.77. The Balaban J connectivity index is 1.77. The predicted octanol–water partition coefficient (Wildman–Crippen LogP) is -0.585. The standard InChI is InChI=1S/C17H33N3O/c1-16(2)13-7-8-14(11-13)17(16,3)19-15(21)12-18-9-6-10-20(4)5/h13-14,18H,6-12H2,1-5H3,(H,19,21)/p+2/t13-,14+,17+/m0/s1. The lowest BCUT2D eigenvalue weighted by atomic mass is 9.64. The maximum absolute atomic E-state index is 12.3. The monoisotopic (exact) mass is 297 g/mol. The fourth-order valence-corrected chi connectivity index (χ4v) is 4.55. The molecule has 1 amide bonds. The first-order valence-electron chi connectivity index (χ1n) is 8.69. The molecule has 122 valence electrons. The highest BCUT2D eigenvalue weighted by Crippen LogP contribution is 2.61. The smallest absolute Gasteiger partial charge is 0.275 e. The Morgan fingerprint density at radius 1 is 1.24 bits per heavy atom. The van der Waals surface area contributed by atoms with Gasteiger partial charge >= 0.3 is 0 Å². The largest absolute Gasteiger partial charge is 0.345 e. The molecule has 0 saturated heterocycles. The Kier molecular flexibility index (Phi) is 4.99. The van der Waals surface area contributed by atoms with Gasteiger partial charge in [0, 0.05) is 12.0 Å². The van der Waals surface area contributed by atoms with Crippen molar-refractivity contribution >= 4 is 5.91 Å². The number of hydrogen-bond acceptors (Lipinski definition) is 1. The van der Waals surface area contributed by atoms with Crippen LogP contribution in [-0.4, -0.2) is 45.2 Å². The molecule has 2 aliphatic rings. The van der Waals surface area contributed by atoms with Crippen LogP contribution < -0.4 is 15.5 Å². The van der Waals surface area contributed by atoms with Gasteiger partial charge in [-0.15, -0.1) is 0 Å². The number of carbonyl (C=O) groups is 1. The van der Waals surface area contributed by atoms with Gasteiger partial charge in [0.05, 0.1) is 27.2 Å².